The number of carboxylic acid groups (broad SMARTS) is 1. The Bertz CT molecular complexity index is 168. The van der Waals surface area contributed by atoms with Crippen molar-refractivity contribution < 1.29 is 14.6 Å². The molecule has 1 saturated carbocycles. The quantitative estimate of drug-likeness (QED) is 0.584. The van der Waals surface area contributed by atoms with Gasteiger partial charge in [0.05, 0.1) is 6.61 Å². The molecule has 0 aromatic carbocycles. The van der Waals surface area contributed by atoms with E-state index in [9.17, 15) is 4.79 Å². The normalized spacial score (nSPS) is 44.2. The number of carbonyl (C=O) groups is 1. The van der Waals surface area contributed by atoms with Gasteiger partial charge in [-0.05, 0) is 25.2 Å². The first kappa shape index (κ1) is 6.16. The molecule has 2 bridgehead atoms. The predicted octanol–water partition coefficient (Wildman–Crippen LogP) is 0.640. The Morgan fingerprint density at radius 1 is 1.70 bits per heavy atom. The fraction of sp³-hybridized carbons (Fsp3) is 0.857. The summed E-state index contributed by atoms with van der Waals surface area (Å²) >= 11 is 0. The molecule has 1 aliphatic carbocycles. The maximum Gasteiger partial charge on any atom is 0.335 e. The highest BCUT2D eigenvalue weighted by molar-refractivity contribution is 5.78. The van der Waals surface area contributed by atoms with Gasteiger partial charge in [-0.15, -0.1) is 0 Å². The molecule has 1 heterocycles. The summed E-state index contributed by atoms with van der Waals surface area (Å²) < 4.78 is 5.20. The zero-order valence-electron chi connectivity index (χ0n) is 5.67. The first-order valence-electron chi connectivity index (χ1n) is 3.60. The van der Waals surface area contributed by atoms with Crippen molar-refractivity contribution in [2.45, 2.75) is 24.9 Å². The Hall–Kier alpha value is -0.570. The molecular weight excluding hydrogens is 132 g/mol. The van der Waals surface area contributed by atoms with Crippen molar-refractivity contribution >= 4 is 5.97 Å². The van der Waals surface area contributed by atoms with Crippen molar-refractivity contribution in [1.82, 2.24) is 0 Å². The fourth-order valence-electron chi connectivity index (χ4n) is 1.91. The molecule has 2 atom stereocenters. The van der Waals surface area contributed by atoms with Gasteiger partial charge in [-0.2, -0.15) is 0 Å². The molecule has 56 valence electrons. The highest BCUT2D eigenvalue weighted by atomic mass is 16.5. The van der Waals surface area contributed by atoms with Gasteiger partial charge in [0.25, 0.3) is 0 Å². The molecule has 0 amide bonds. The van der Waals surface area contributed by atoms with Gasteiger partial charge in [-0.3, -0.25) is 0 Å². The molecule has 0 aromatic heterocycles. The van der Waals surface area contributed by atoms with E-state index in [1.807, 2.05) is 0 Å². The minimum Gasteiger partial charge on any atom is -0.479 e. The van der Waals surface area contributed by atoms with Crippen LogP contribution in [0.5, 0.6) is 0 Å². The lowest BCUT2D eigenvalue weighted by Gasteiger charge is -2.20. The lowest BCUT2D eigenvalue weighted by molar-refractivity contribution is -0.161. The Kier molecular flexibility index (Phi) is 1.06. The number of fused-ring (bicyclic) bond motifs is 2. The highest BCUT2D eigenvalue weighted by Gasteiger charge is 2.51. The molecule has 10 heavy (non-hydrogen) atoms. The van der Waals surface area contributed by atoms with Crippen LogP contribution in [-0.4, -0.2) is 23.3 Å². The third kappa shape index (κ3) is 0.611. The molecule has 3 heteroatoms. The van der Waals surface area contributed by atoms with Gasteiger partial charge in [0.15, 0.2) is 5.60 Å². The van der Waals surface area contributed by atoms with Gasteiger partial charge in [-0.25, -0.2) is 4.79 Å². The first-order valence-corrected chi connectivity index (χ1v) is 3.60. The zero-order chi connectivity index (χ0) is 7.19. The minimum absolute atomic E-state index is 0.524. The lowest BCUT2D eigenvalue weighted by Crippen LogP contribution is -2.36. The van der Waals surface area contributed by atoms with Crippen LogP contribution in [0.1, 0.15) is 19.3 Å². The molecule has 2 aliphatic rings. The van der Waals surface area contributed by atoms with Crippen molar-refractivity contribution in [1.29, 1.82) is 0 Å². The van der Waals surface area contributed by atoms with Gasteiger partial charge in [0.1, 0.15) is 0 Å². The third-order valence-corrected chi connectivity index (χ3v) is 2.56. The molecule has 2 fully saturated rings. The van der Waals surface area contributed by atoms with E-state index in [0.29, 0.717) is 18.9 Å². The smallest absolute Gasteiger partial charge is 0.335 e. The molecule has 1 aliphatic heterocycles. The summed E-state index contributed by atoms with van der Waals surface area (Å²) in [6.07, 6.45) is 2.49. The van der Waals surface area contributed by atoms with E-state index in [4.69, 9.17) is 9.84 Å². The van der Waals surface area contributed by atoms with E-state index in [2.05, 4.69) is 0 Å². The van der Waals surface area contributed by atoms with Gasteiger partial charge >= 0.3 is 5.97 Å². The van der Waals surface area contributed by atoms with Crippen LogP contribution < -0.4 is 0 Å². The van der Waals surface area contributed by atoms with Crippen LogP contribution in [0.3, 0.4) is 0 Å². The van der Waals surface area contributed by atoms with Crippen molar-refractivity contribution in [3.63, 3.8) is 0 Å². The van der Waals surface area contributed by atoms with Crippen LogP contribution in [-0.2, 0) is 9.53 Å². The zero-order valence-corrected chi connectivity index (χ0v) is 5.67. The monoisotopic (exact) mass is 142 g/mol. The predicted molar refractivity (Wildman–Crippen MR) is 33.7 cm³/mol. The first-order chi connectivity index (χ1) is 4.73. The van der Waals surface area contributed by atoms with E-state index < -0.39 is 11.6 Å². The summed E-state index contributed by atoms with van der Waals surface area (Å²) in [5.41, 5.74) is -0.773. The summed E-state index contributed by atoms with van der Waals surface area (Å²) in [5, 5.41) is 8.77. The molecule has 1 N–H and O–H groups in total. The summed E-state index contributed by atoms with van der Waals surface area (Å²) in [4.78, 5) is 10.7. The largest absolute Gasteiger partial charge is 0.479 e. The number of ether oxygens (including phenoxy) is 1. The second-order valence-corrected chi connectivity index (χ2v) is 3.22. The van der Waals surface area contributed by atoms with E-state index >= 15 is 0 Å². The van der Waals surface area contributed by atoms with Crippen molar-refractivity contribution in [3.05, 3.63) is 0 Å². The Balaban J connectivity index is 2.23. The topological polar surface area (TPSA) is 46.5 Å². The van der Waals surface area contributed by atoms with Crippen LogP contribution in [0.2, 0.25) is 0 Å². The SMILES string of the molecule is O=C(O)C12CCC(CO1)C2. The van der Waals surface area contributed by atoms with Gasteiger partial charge in [0, 0.05) is 0 Å². The molecule has 0 spiro atoms. The molecule has 3 nitrogen and oxygen atoms in total. The average molecular weight is 142 g/mol. The second-order valence-electron chi connectivity index (χ2n) is 3.22. The number of aliphatic carboxylic acids is 1. The summed E-state index contributed by atoms with van der Waals surface area (Å²) in [6.45, 7) is 0.659. The Morgan fingerprint density at radius 2 is 2.50 bits per heavy atom. The van der Waals surface area contributed by atoms with E-state index in [1.54, 1.807) is 0 Å². The molecular formula is C7H10O3. The standard InChI is InChI=1S/C7H10O3/c8-6(9)7-2-1-5(3-7)4-10-7/h5H,1-4H2,(H,8,9). The van der Waals surface area contributed by atoms with E-state index in [1.165, 1.54) is 0 Å². The van der Waals surface area contributed by atoms with Gasteiger partial charge in [0.2, 0.25) is 0 Å². The number of hydrogen-bond acceptors (Lipinski definition) is 2. The average Bonchev–Trinajstić information content (AvgIpc) is 2.45. The molecule has 0 radical (unpaired) electrons. The van der Waals surface area contributed by atoms with Crippen LogP contribution in [0, 0.1) is 5.92 Å². The fourth-order valence-corrected chi connectivity index (χ4v) is 1.91. The molecule has 0 aromatic rings. The third-order valence-electron chi connectivity index (χ3n) is 2.56. The van der Waals surface area contributed by atoms with Crippen LogP contribution in [0.25, 0.3) is 0 Å². The van der Waals surface area contributed by atoms with Crippen molar-refractivity contribution in [2.75, 3.05) is 6.61 Å². The molecule has 2 rings (SSSR count). The number of hydrogen-bond donors (Lipinski definition) is 1. The maximum atomic E-state index is 10.7. The molecule has 2 unspecified atom stereocenters. The summed E-state index contributed by atoms with van der Waals surface area (Å²) in [6, 6.07) is 0. The lowest BCUT2D eigenvalue weighted by atomic mass is 10.0. The van der Waals surface area contributed by atoms with E-state index in [-0.39, 0.29) is 0 Å². The van der Waals surface area contributed by atoms with E-state index in [0.717, 1.165) is 12.8 Å². The molecule has 1 saturated heterocycles. The number of rotatable bonds is 1. The highest BCUT2D eigenvalue weighted by Crippen LogP contribution is 2.44. The van der Waals surface area contributed by atoms with Crippen LogP contribution >= 0.6 is 0 Å². The van der Waals surface area contributed by atoms with Gasteiger partial charge < -0.3 is 9.84 Å². The van der Waals surface area contributed by atoms with Crippen molar-refractivity contribution in [2.24, 2.45) is 5.92 Å². The Morgan fingerprint density at radius 3 is 2.70 bits per heavy atom. The minimum atomic E-state index is -0.773. The van der Waals surface area contributed by atoms with Crippen LogP contribution in [0.15, 0.2) is 0 Å². The second kappa shape index (κ2) is 1.72. The maximum absolute atomic E-state index is 10.7. The van der Waals surface area contributed by atoms with Crippen molar-refractivity contribution in [3.8, 4) is 0 Å². The van der Waals surface area contributed by atoms with Gasteiger partial charge in [-0.1, -0.05) is 0 Å². The number of carboxylic acids is 1. The summed E-state index contributed by atoms with van der Waals surface area (Å²) in [5.74, 6) is -0.247. The van der Waals surface area contributed by atoms with Crippen LogP contribution in [0.4, 0.5) is 0 Å². The Labute approximate surface area is 59.0 Å². The summed E-state index contributed by atoms with van der Waals surface area (Å²) in [7, 11) is 0.